The number of carboxylic acid groups (broad SMARTS) is 1. The molecule has 0 saturated carbocycles. The molecule has 1 atom stereocenters. The zero-order valence-corrected chi connectivity index (χ0v) is 17.7. The Hall–Kier alpha value is -1.15. The first-order chi connectivity index (χ1) is 12.5. The third-order valence-electron chi connectivity index (χ3n) is 5.73. The first-order valence-electron chi connectivity index (χ1n) is 9.49. The van der Waals surface area contributed by atoms with Crippen molar-refractivity contribution in [1.82, 2.24) is 14.7 Å². The number of carboxylic acids is 1. The molecular weight excluding hydrogens is 386 g/mol. The van der Waals surface area contributed by atoms with Gasteiger partial charge < -0.3 is 10.0 Å². The van der Waals surface area contributed by atoms with Gasteiger partial charge in [-0.15, -0.1) is 23.7 Å². The summed E-state index contributed by atoms with van der Waals surface area (Å²) in [6.07, 6.45) is 3.76. The molecule has 1 aromatic rings. The summed E-state index contributed by atoms with van der Waals surface area (Å²) >= 11 is 1.81. The summed E-state index contributed by atoms with van der Waals surface area (Å²) in [5, 5.41) is 11.1. The molecule has 27 heavy (non-hydrogen) atoms. The lowest BCUT2D eigenvalue weighted by molar-refractivity contribution is -0.138. The molecule has 1 amide bonds. The van der Waals surface area contributed by atoms with Gasteiger partial charge in [-0.25, -0.2) is 0 Å². The summed E-state index contributed by atoms with van der Waals surface area (Å²) in [5.41, 5.74) is 1.34. The number of hydrogen-bond acceptors (Lipinski definition) is 5. The molecule has 0 aliphatic carbocycles. The van der Waals surface area contributed by atoms with Crippen LogP contribution in [0.2, 0.25) is 0 Å². The Morgan fingerprint density at radius 2 is 2.00 bits per heavy atom. The van der Waals surface area contributed by atoms with E-state index < -0.39 is 5.97 Å². The van der Waals surface area contributed by atoms with Crippen LogP contribution in [0, 0.1) is 0 Å². The Bertz CT molecular complexity index is 646. The van der Waals surface area contributed by atoms with Crippen molar-refractivity contribution in [2.75, 3.05) is 39.8 Å². The van der Waals surface area contributed by atoms with Gasteiger partial charge in [-0.05, 0) is 49.7 Å². The number of aliphatic carboxylic acids is 1. The number of likely N-dealkylation sites (tertiary alicyclic amines) is 1. The Morgan fingerprint density at radius 1 is 1.30 bits per heavy atom. The largest absolute Gasteiger partial charge is 0.480 e. The molecule has 0 radical (unpaired) electrons. The van der Waals surface area contributed by atoms with Crippen molar-refractivity contribution in [3.05, 3.63) is 21.9 Å². The van der Waals surface area contributed by atoms with E-state index >= 15 is 0 Å². The monoisotopic (exact) mass is 415 g/mol. The van der Waals surface area contributed by atoms with E-state index in [0.29, 0.717) is 12.6 Å². The van der Waals surface area contributed by atoms with Crippen LogP contribution in [-0.4, -0.2) is 77.5 Å². The van der Waals surface area contributed by atoms with E-state index in [0.717, 1.165) is 45.3 Å². The van der Waals surface area contributed by atoms with Crippen molar-refractivity contribution in [2.24, 2.45) is 0 Å². The molecule has 6 nitrogen and oxygen atoms in total. The molecule has 1 aromatic heterocycles. The van der Waals surface area contributed by atoms with Gasteiger partial charge in [-0.3, -0.25) is 19.4 Å². The highest BCUT2D eigenvalue weighted by atomic mass is 35.5. The molecule has 8 heteroatoms. The number of nitrogens with zero attached hydrogens (tertiary/aromatic N) is 3. The third-order valence-corrected chi connectivity index (χ3v) is 6.72. The van der Waals surface area contributed by atoms with Crippen LogP contribution in [0.3, 0.4) is 0 Å². The van der Waals surface area contributed by atoms with Crippen molar-refractivity contribution in [1.29, 1.82) is 0 Å². The number of carbonyl (C=O) groups excluding carboxylic acids is 1. The topological polar surface area (TPSA) is 64.1 Å². The second-order valence-corrected chi connectivity index (χ2v) is 8.38. The molecule has 2 aliphatic heterocycles. The number of likely N-dealkylation sites (N-methyl/N-ethyl adjacent to an activating group) is 1. The molecule has 3 rings (SSSR count). The fourth-order valence-electron chi connectivity index (χ4n) is 4.28. The highest BCUT2D eigenvalue weighted by Crippen LogP contribution is 2.35. The molecule has 2 aliphatic rings. The molecule has 3 heterocycles. The Balaban J connectivity index is 0.00000261. The molecule has 1 fully saturated rings. The summed E-state index contributed by atoms with van der Waals surface area (Å²) in [4.78, 5) is 31.4. The molecule has 1 unspecified atom stereocenters. The lowest BCUT2D eigenvalue weighted by Crippen LogP contribution is -2.49. The maximum atomic E-state index is 12.9. The van der Waals surface area contributed by atoms with E-state index in [1.807, 2.05) is 11.9 Å². The van der Waals surface area contributed by atoms with E-state index in [1.165, 1.54) is 10.4 Å². The van der Waals surface area contributed by atoms with Gasteiger partial charge in [0.1, 0.15) is 0 Å². The fourth-order valence-corrected chi connectivity index (χ4v) is 5.21. The minimum atomic E-state index is -0.784. The van der Waals surface area contributed by atoms with Crippen molar-refractivity contribution in [3.63, 3.8) is 0 Å². The maximum absolute atomic E-state index is 12.9. The molecule has 0 spiro atoms. The number of hydrogen-bond donors (Lipinski definition) is 1. The third kappa shape index (κ3) is 5.22. The Kier molecular flexibility index (Phi) is 8.09. The number of amides is 1. The first kappa shape index (κ1) is 22.1. The normalized spacial score (nSPS) is 21.0. The molecule has 0 bridgehead atoms. The predicted octanol–water partition coefficient (Wildman–Crippen LogP) is 2.49. The van der Waals surface area contributed by atoms with Gasteiger partial charge in [-0.2, -0.15) is 0 Å². The van der Waals surface area contributed by atoms with Gasteiger partial charge >= 0.3 is 5.97 Å². The minimum Gasteiger partial charge on any atom is -0.480 e. The van der Waals surface area contributed by atoms with Gasteiger partial charge in [0, 0.05) is 30.6 Å². The number of rotatable bonds is 6. The zero-order valence-electron chi connectivity index (χ0n) is 16.1. The van der Waals surface area contributed by atoms with Crippen LogP contribution in [0.15, 0.2) is 11.4 Å². The average Bonchev–Trinajstić information content (AvgIpc) is 3.09. The van der Waals surface area contributed by atoms with Gasteiger partial charge in [0.05, 0.1) is 19.1 Å². The van der Waals surface area contributed by atoms with Gasteiger partial charge in [0.15, 0.2) is 0 Å². The van der Waals surface area contributed by atoms with Crippen LogP contribution < -0.4 is 0 Å². The second kappa shape index (κ2) is 9.87. The summed E-state index contributed by atoms with van der Waals surface area (Å²) in [6, 6.07) is 2.69. The van der Waals surface area contributed by atoms with Crippen LogP contribution in [0.25, 0.3) is 0 Å². The van der Waals surface area contributed by atoms with Crippen molar-refractivity contribution in [2.45, 2.75) is 44.7 Å². The van der Waals surface area contributed by atoms with Gasteiger partial charge in [0.25, 0.3) is 0 Å². The summed E-state index contributed by atoms with van der Waals surface area (Å²) in [6.45, 7) is 5.25. The lowest BCUT2D eigenvalue weighted by Gasteiger charge is -2.39. The maximum Gasteiger partial charge on any atom is 0.317 e. The second-order valence-electron chi connectivity index (χ2n) is 7.38. The summed E-state index contributed by atoms with van der Waals surface area (Å²) in [5.74, 6) is -0.556. The van der Waals surface area contributed by atoms with E-state index in [9.17, 15) is 9.59 Å². The smallest absolute Gasteiger partial charge is 0.317 e. The Labute approximate surface area is 171 Å². The van der Waals surface area contributed by atoms with Crippen LogP contribution >= 0.6 is 23.7 Å². The molecule has 1 saturated heterocycles. The average molecular weight is 416 g/mol. The minimum absolute atomic E-state index is 0. The number of halogens is 1. The zero-order chi connectivity index (χ0) is 18.7. The molecule has 0 aromatic carbocycles. The molecular formula is C19H30ClN3O3S. The fraction of sp³-hybridized carbons (Fsp3) is 0.684. The van der Waals surface area contributed by atoms with Gasteiger partial charge in [-0.1, -0.05) is 6.92 Å². The number of carbonyl (C=O) groups is 2. The van der Waals surface area contributed by atoms with E-state index in [2.05, 4.69) is 28.2 Å². The summed E-state index contributed by atoms with van der Waals surface area (Å²) < 4.78 is 0. The molecule has 1 N–H and O–H groups in total. The standard InChI is InChI=1S/C19H29N3O3S.ClH/c1-3-16-15-7-11-26-17(15)6-10-22(16)18(23)12-21-8-4-14(5-9-21)20(2)13-19(24)25;/h7,11,14,16H,3-6,8-10,12-13H2,1-2H3,(H,24,25);1H. The van der Waals surface area contributed by atoms with E-state index in [-0.39, 0.29) is 30.9 Å². The van der Waals surface area contributed by atoms with Crippen molar-refractivity contribution in [3.8, 4) is 0 Å². The SMILES string of the molecule is CCC1c2ccsc2CCN1C(=O)CN1CCC(N(C)CC(=O)O)CC1.Cl. The first-order valence-corrected chi connectivity index (χ1v) is 10.4. The Morgan fingerprint density at radius 3 is 2.63 bits per heavy atom. The number of piperidine rings is 1. The van der Waals surface area contributed by atoms with Crippen LogP contribution in [-0.2, 0) is 16.0 Å². The predicted molar refractivity (Wildman–Crippen MR) is 110 cm³/mol. The number of thiophene rings is 1. The van der Waals surface area contributed by atoms with Crippen LogP contribution in [0.4, 0.5) is 0 Å². The molecule has 152 valence electrons. The lowest BCUT2D eigenvalue weighted by atomic mass is 9.97. The van der Waals surface area contributed by atoms with Gasteiger partial charge in [0.2, 0.25) is 5.91 Å². The van der Waals surface area contributed by atoms with Crippen molar-refractivity contribution >= 4 is 35.6 Å². The van der Waals surface area contributed by atoms with E-state index in [4.69, 9.17) is 5.11 Å². The summed E-state index contributed by atoms with van der Waals surface area (Å²) in [7, 11) is 1.87. The van der Waals surface area contributed by atoms with Crippen molar-refractivity contribution < 1.29 is 14.7 Å². The van der Waals surface area contributed by atoms with E-state index in [1.54, 1.807) is 11.3 Å². The quantitative estimate of drug-likeness (QED) is 0.773. The van der Waals surface area contributed by atoms with Crippen LogP contribution in [0.1, 0.15) is 42.7 Å². The number of fused-ring (bicyclic) bond motifs is 1. The van der Waals surface area contributed by atoms with Crippen LogP contribution in [0.5, 0.6) is 0 Å². The highest BCUT2D eigenvalue weighted by molar-refractivity contribution is 7.10. The highest BCUT2D eigenvalue weighted by Gasteiger charge is 2.32.